The molecule has 0 N–H and O–H groups in total. The van der Waals surface area contributed by atoms with E-state index >= 15 is 0 Å². The molecule has 0 spiro atoms. The molecular weight excluding hydrogens is 266 g/mol. The molecule has 1 aromatic heterocycles. The summed E-state index contributed by atoms with van der Waals surface area (Å²) in [6, 6.07) is 9.03. The maximum absolute atomic E-state index is 12.0. The van der Waals surface area contributed by atoms with Crippen LogP contribution in [0, 0.1) is 0 Å². The van der Waals surface area contributed by atoms with Gasteiger partial charge in [-0.2, -0.15) is 0 Å². The second-order valence-electron chi connectivity index (χ2n) is 4.25. The average Bonchev–Trinajstić information content (AvgIpc) is 2.54. The standard InChI is InChI=1S/C17H17NO3/c1-3-21-16-8-4-6-13(17(16)20-2)9-10-15(19)14-7-5-11-18-12-14/h4-12H,3H2,1-2H3/b10-9+. The number of hydrogen-bond donors (Lipinski definition) is 0. The van der Waals surface area contributed by atoms with Crippen molar-refractivity contribution in [2.75, 3.05) is 13.7 Å². The minimum absolute atomic E-state index is 0.105. The van der Waals surface area contributed by atoms with E-state index in [1.165, 1.54) is 6.08 Å². The lowest BCUT2D eigenvalue weighted by atomic mass is 10.1. The topological polar surface area (TPSA) is 48.4 Å². The van der Waals surface area contributed by atoms with Gasteiger partial charge in [0.1, 0.15) is 0 Å². The lowest BCUT2D eigenvalue weighted by molar-refractivity contribution is 0.104. The van der Waals surface area contributed by atoms with Crippen LogP contribution in [-0.2, 0) is 0 Å². The first-order chi connectivity index (χ1) is 10.3. The first-order valence-corrected chi connectivity index (χ1v) is 6.68. The van der Waals surface area contributed by atoms with Crippen LogP contribution in [0.25, 0.3) is 6.08 Å². The highest BCUT2D eigenvalue weighted by Gasteiger charge is 2.08. The summed E-state index contributed by atoms with van der Waals surface area (Å²) >= 11 is 0. The number of methoxy groups -OCH3 is 1. The number of pyridine rings is 1. The van der Waals surface area contributed by atoms with Gasteiger partial charge in [-0.05, 0) is 37.3 Å². The lowest BCUT2D eigenvalue weighted by Crippen LogP contribution is -1.97. The molecule has 1 aromatic carbocycles. The van der Waals surface area contributed by atoms with Crippen molar-refractivity contribution in [1.29, 1.82) is 0 Å². The first kappa shape index (κ1) is 14.8. The van der Waals surface area contributed by atoms with Crippen LogP contribution in [0.1, 0.15) is 22.8 Å². The number of rotatable bonds is 6. The molecule has 2 rings (SSSR count). The Bertz CT molecular complexity index is 636. The highest BCUT2D eigenvalue weighted by atomic mass is 16.5. The molecule has 0 atom stereocenters. The molecule has 21 heavy (non-hydrogen) atoms. The number of para-hydroxylation sites is 1. The number of carbonyl (C=O) groups excluding carboxylic acids is 1. The van der Waals surface area contributed by atoms with E-state index in [0.717, 1.165) is 5.56 Å². The molecule has 0 saturated carbocycles. The van der Waals surface area contributed by atoms with E-state index in [-0.39, 0.29) is 5.78 Å². The number of hydrogen-bond acceptors (Lipinski definition) is 4. The van der Waals surface area contributed by atoms with Gasteiger partial charge < -0.3 is 9.47 Å². The number of aromatic nitrogens is 1. The number of allylic oxidation sites excluding steroid dienone is 1. The van der Waals surface area contributed by atoms with Crippen molar-refractivity contribution < 1.29 is 14.3 Å². The van der Waals surface area contributed by atoms with Crippen LogP contribution in [0.4, 0.5) is 0 Å². The van der Waals surface area contributed by atoms with Crippen LogP contribution >= 0.6 is 0 Å². The molecule has 108 valence electrons. The predicted molar refractivity (Wildman–Crippen MR) is 81.8 cm³/mol. The van der Waals surface area contributed by atoms with Crippen LogP contribution in [0.2, 0.25) is 0 Å². The van der Waals surface area contributed by atoms with Crippen molar-refractivity contribution in [1.82, 2.24) is 4.98 Å². The third-order valence-corrected chi connectivity index (χ3v) is 2.87. The molecule has 0 saturated heterocycles. The Hall–Kier alpha value is -2.62. The van der Waals surface area contributed by atoms with Gasteiger partial charge in [0.15, 0.2) is 17.3 Å². The number of ether oxygens (including phenoxy) is 2. The van der Waals surface area contributed by atoms with Gasteiger partial charge in [-0.1, -0.05) is 12.1 Å². The van der Waals surface area contributed by atoms with E-state index in [1.807, 2.05) is 25.1 Å². The van der Waals surface area contributed by atoms with Crippen molar-refractivity contribution >= 4 is 11.9 Å². The molecule has 1 heterocycles. The fourth-order valence-corrected chi connectivity index (χ4v) is 1.92. The molecule has 0 bridgehead atoms. The monoisotopic (exact) mass is 283 g/mol. The SMILES string of the molecule is CCOc1cccc(/C=C/C(=O)c2cccnc2)c1OC. The Morgan fingerprint density at radius 3 is 2.81 bits per heavy atom. The van der Waals surface area contributed by atoms with Gasteiger partial charge in [0.2, 0.25) is 0 Å². The summed E-state index contributed by atoms with van der Waals surface area (Å²) in [5.41, 5.74) is 1.34. The van der Waals surface area contributed by atoms with E-state index in [1.54, 1.807) is 37.7 Å². The predicted octanol–water partition coefficient (Wildman–Crippen LogP) is 3.39. The first-order valence-electron chi connectivity index (χ1n) is 6.68. The van der Waals surface area contributed by atoms with E-state index in [4.69, 9.17) is 9.47 Å². The molecule has 4 nitrogen and oxygen atoms in total. The normalized spacial score (nSPS) is 10.6. The number of benzene rings is 1. The van der Waals surface area contributed by atoms with Gasteiger partial charge in [-0.25, -0.2) is 0 Å². The quantitative estimate of drug-likeness (QED) is 0.602. The van der Waals surface area contributed by atoms with Gasteiger partial charge >= 0.3 is 0 Å². The molecule has 0 amide bonds. The lowest BCUT2D eigenvalue weighted by Gasteiger charge is -2.11. The zero-order valence-corrected chi connectivity index (χ0v) is 12.1. The van der Waals surface area contributed by atoms with Crippen molar-refractivity contribution in [3.63, 3.8) is 0 Å². The van der Waals surface area contributed by atoms with Crippen molar-refractivity contribution in [2.24, 2.45) is 0 Å². The molecule has 0 radical (unpaired) electrons. The zero-order chi connectivity index (χ0) is 15.1. The Labute approximate surface area is 124 Å². The van der Waals surface area contributed by atoms with Crippen LogP contribution in [0.5, 0.6) is 11.5 Å². The van der Waals surface area contributed by atoms with Crippen LogP contribution in [0.3, 0.4) is 0 Å². The largest absolute Gasteiger partial charge is 0.492 e. The zero-order valence-electron chi connectivity index (χ0n) is 12.1. The van der Waals surface area contributed by atoms with Crippen LogP contribution in [0.15, 0.2) is 48.8 Å². The fourth-order valence-electron chi connectivity index (χ4n) is 1.92. The highest BCUT2D eigenvalue weighted by Crippen LogP contribution is 2.31. The molecule has 0 aliphatic carbocycles. The minimum Gasteiger partial charge on any atom is -0.492 e. The van der Waals surface area contributed by atoms with E-state index in [2.05, 4.69) is 4.98 Å². The fraction of sp³-hybridized carbons (Fsp3) is 0.176. The number of nitrogens with zero attached hydrogens (tertiary/aromatic N) is 1. The highest BCUT2D eigenvalue weighted by molar-refractivity contribution is 6.06. The van der Waals surface area contributed by atoms with E-state index in [0.29, 0.717) is 23.7 Å². The van der Waals surface area contributed by atoms with Gasteiger partial charge in [0.05, 0.1) is 13.7 Å². The molecule has 0 fully saturated rings. The molecule has 0 unspecified atom stereocenters. The van der Waals surface area contributed by atoms with E-state index < -0.39 is 0 Å². The van der Waals surface area contributed by atoms with Gasteiger partial charge in [-0.3, -0.25) is 9.78 Å². The minimum atomic E-state index is -0.105. The van der Waals surface area contributed by atoms with Crippen molar-refractivity contribution in [3.8, 4) is 11.5 Å². The molecule has 0 aliphatic rings. The van der Waals surface area contributed by atoms with Gasteiger partial charge in [0.25, 0.3) is 0 Å². The summed E-state index contributed by atoms with van der Waals surface area (Å²) in [6.45, 7) is 2.46. The second kappa shape index (κ2) is 7.24. The summed E-state index contributed by atoms with van der Waals surface area (Å²) in [4.78, 5) is 16.0. The van der Waals surface area contributed by atoms with Gasteiger partial charge in [0, 0.05) is 23.5 Å². The summed E-state index contributed by atoms with van der Waals surface area (Å²) in [6.07, 6.45) is 6.40. The Kier molecular flexibility index (Phi) is 5.10. The molecular formula is C17H17NO3. The van der Waals surface area contributed by atoms with Crippen molar-refractivity contribution in [2.45, 2.75) is 6.92 Å². The van der Waals surface area contributed by atoms with Crippen molar-refractivity contribution in [3.05, 3.63) is 59.9 Å². The second-order valence-corrected chi connectivity index (χ2v) is 4.25. The smallest absolute Gasteiger partial charge is 0.187 e. The van der Waals surface area contributed by atoms with E-state index in [9.17, 15) is 4.79 Å². The number of ketones is 1. The summed E-state index contributed by atoms with van der Waals surface area (Å²) in [5, 5.41) is 0. The Morgan fingerprint density at radius 2 is 2.14 bits per heavy atom. The summed E-state index contributed by atoms with van der Waals surface area (Å²) < 4.78 is 10.9. The summed E-state index contributed by atoms with van der Waals surface area (Å²) in [5.74, 6) is 1.18. The maximum atomic E-state index is 12.0. The Balaban J connectivity index is 2.25. The number of carbonyl (C=O) groups is 1. The van der Waals surface area contributed by atoms with Crippen LogP contribution < -0.4 is 9.47 Å². The average molecular weight is 283 g/mol. The third kappa shape index (κ3) is 3.69. The Morgan fingerprint density at radius 1 is 1.29 bits per heavy atom. The summed E-state index contributed by atoms with van der Waals surface area (Å²) in [7, 11) is 1.58. The molecule has 2 aromatic rings. The van der Waals surface area contributed by atoms with Gasteiger partial charge in [-0.15, -0.1) is 0 Å². The maximum Gasteiger partial charge on any atom is 0.187 e. The molecule has 4 heteroatoms. The third-order valence-electron chi connectivity index (χ3n) is 2.87. The molecule has 0 aliphatic heterocycles. The van der Waals surface area contributed by atoms with Crippen LogP contribution in [-0.4, -0.2) is 24.5 Å².